The van der Waals surface area contributed by atoms with Gasteiger partial charge in [0.2, 0.25) is 5.91 Å². The van der Waals surface area contributed by atoms with Gasteiger partial charge in [0.05, 0.1) is 17.5 Å². The van der Waals surface area contributed by atoms with E-state index in [1.165, 1.54) is 6.42 Å². The highest BCUT2D eigenvalue weighted by Crippen LogP contribution is 2.23. The number of likely N-dealkylation sites (tertiary alicyclic amines) is 1. The molecule has 0 saturated carbocycles. The van der Waals surface area contributed by atoms with Gasteiger partial charge in [0.15, 0.2) is 9.84 Å². The van der Waals surface area contributed by atoms with Crippen molar-refractivity contribution in [2.75, 3.05) is 24.6 Å². The minimum atomic E-state index is -3.12. The van der Waals surface area contributed by atoms with E-state index in [4.69, 9.17) is 11.6 Å². The molecule has 2 fully saturated rings. The van der Waals surface area contributed by atoms with E-state index >= 15 is 0 Å². The highest BCUT2D eigenvalue weighted by molar-refractivity contribution is 7.91. The number of carbonyl (C=O) groups excluding carboxylic acids is 1. The Balaban J connectivity index is 1.47. The lowest BCUT2D eigenvalue weighted by molar-refractivity contribution is -0.122. The molecular weight excluding hydrogens is 386 g/mol. The number of fused-ring (bicyclic) bond motifs is 1. The molecule has 0 spiro atoms. The molecule has 2 unspecified atom stereocenters. The van der Waals surface area contributed by atoms with Crippen molar-refractivity contribution < 1.29 is 13.2 Å². The van der Waals surface area contributed by atoms with Crippen molar-refractivity contribution in [2.24, 2.45) is 0 Å². The van der Waals surface area contributed by atoms with Crippen LogP contribution in [0.5, 0.6) is 0 Å². The summed E-state index contributed by atoms with van der Waals surface area (Å²) in [6.07, 6.45) is 5.23. The van der Waals surface area contributed by atoms with E-state index in [9.17, 15) is 13.2 Å². The quantitative estimate of drug-likeness (QED) is 0.839. The summed E-state index contributed by atoms with van der Waals surface area (Å²) in [5.41, 5.74) is 0.893. The number of hydrogen-bond acceptors (Lipinski definition) is 4. The number of amides is 1. The first-order valence-electron chi connectivity index (χ1n) is 9.39. The van der Waals surface area contributed by atoms with Crippen molar-refractivity contribution in [3.8, 4) is 0 Å². The molecule has 2 saturated heterocycles. The molecule has 4 rings (SSSR count). The predicted octanol–water partition coefficient (Wildman–Crippen LogP) is 2.06. The second kappa shape index (κ2) is 7.45. The highest BCUT2D eigenvalue weighted by atomic mass is 35.5. The molecule has 0 aliphatic carbocycles. The first-order chi connectivity index (χ1) is 12.9. The molecule has 1 aromatic carbocycles. The molecule has 2 aromatic rings. The maximum absolute atomic E-state index is 12.7. The van der Waals surface area contributed by atoms with Crippen LogP contribution < -0.4 is 5.32 Å². The summed E-state index contributed by atoms with van der Waals surface area (Å²) in [6, 6.07) is 7.06. The van der Waals surface area contributed by atoms with Crippen molar-refractivity contribution >= 4 is 38.2 Å². The molecule has 27 heavy (non-hydrogen) atoms. The molecule has 1 amide bonds. The van der Waals surface area contributed by atoms with Crippen molar-refractivity contribution in [3.05, 3.63) is 35.5 Å². The van der Waals surface area contributed by atoms with E-state index in [1.807, 2.05) is 35.0 Å². The summed E-state index contributed by atoms with van der Waals surface area (Å²) in [6.45, 7) is 1.97. The number of piperidine rings is 1. The van der Waals surface area contributed by atoms with Crippen LogP contribution >= 0.6 is 11.6 Å². The van der Waals surface area contributed by atoms with E-state index in [2.05, 4.69) is 10.2 Å². The van der Waals surface area contributed by atoms with Crippen LogP contribution in [0.1, 0.15) is 19.3 Å². The fourth-order valence-corrected chi connectivity index (χ4v) is 6.40. The Bertz CT molecular complexity index is 950. The van der Waals surface area contributed by atoms with Gasteiger partial charge in [-0.2, -0.15) is 0 Å². The molecule has 3 heterocycles. The lowest BCUT2D eigenvalue weighted by atomic mass is 10.0. The number of nitrogens with zero attached hydrogens (tertiary/aromatic N) is 2. The van der Waals surface area contributed by atoms with E-state index < -0.39 is 9.84 Å². The Kier molecular flexibility index (Phi) is 5.18. The van der Waals surface area contributed by atoms with Crippen LogP contribution in [0.2, 0.25) is 5.02 Å². The third kappa shape index (κ3) is 4.15. The van der Waals surface area contributed by atoms with Gasteiger partial charge in [-0.15, -0.1) is 0 Å². The molecule has 8 heteroatoms. The minimum Gasteiger partial charge on any atom is -0.349 e. The highest BCUT2D eigenvalue weighted by Gasteiger charge is 2.41. The summed E-state index contributed by atoms with van der Waals surface area (Å²) >= 11 is 6.07. The Morgan fingerprint density at radius 3 is 2.70 bits per heavy atom. The summed E-state index contributed by atoms with van der Waals surface area (Å²) in [4.78, 5) is 14.9. The Labute approximate surface area is 164 Å². The zero-order chi connectivity index (χ0) is 19.0. The van der Waals surface area contributed by atoms with Crippen molar-refractivity contribution in [3.63, 3.8) is 0 Å². The SMILES string of the molecule is O=C(Cn1ccc2ccc(Cl)cc21)NC1CS(=O)(=O)CC1N1CCCCC1. The summed E-state index contributed by atoms with van der Waals surface area (Å²) in [5, 5.41) is 4.62. The molecule has 0 radical (unpaired) electrons. The molecule has 146 valence electrons. The molecule has 1 aromatic heterocycles. The molecule has 0 bridgehead atoms. The van der Waals surface area contributed by atoms with Gasteiger partial charge >= 0.3 is 0 Å². The largest absolute Gasteiger partial charge is 0.349 e. The van der Waals surface area contributed by atoms with Crippen molar-refractivity contribution in [1.29, 1.82) is 0 Å². The monoisotopic (exact) mass is 409 g/mol. The van der Waals surface area contributed by atoms with Crippen LogP contribution in [0, 0.1) is 0 Å². The molecule has 6 nitrogen and oxygen atoms in total. The van der Waals surface area contributed by atoms with Gasteiger partial charge in [0, 0.05) is 22.8 Å². The van der Waals surface area contributed by atoms with E-state index in [0.717, 1.165) is 36.8 Å². The van der Waals surface area contributed by atoms with Crippen LogP contribution in [0.3, 0.4) is 0 Å². The van der Waals surface area contributed by atoms with Gasteiger partial charge in [-0.3, -0.25) is 9.69 Å². The van der Waals surface area contributed by atoms with Crippen LogP contribution in [0.15, 0.2) is 30.5 Å². The normalized spacial score (nSPS) is 25.7. The molecule has 1 N–H and O–H groups in total. The number of rotatable bonds is 4. The van der Waals surface area contributed by atoms with Gasteiger partial charge < -0.3 is 9.88 Å². The zero-order valence-corrected chi connectivity index (χ0v) is 16.7. The fourth-order valence-electron chi connectivity index (χ4n) is 4.28. The van der Waals surface area contributed by atoms with Crippen LogP contribution in [0.25, 0.3) is 10.9 Å². The number of hydrogen-bond donors (Lipinski definition) is 1. The maximum atomic E-state index is 12.7. The second-order valence-electron chi connectivity index (χ2n) is 7.56. The number of nitrogens with one attached hydrogen (secondary N) is 1. The van der Waals surface area contributed by atoms with E-state index in [0.29, 0.717) is 5.02 Å². The fraction of sp³-hybridized carbons (Fsp3) is 0.526. The standard InChI is InChI=1S/C19H24ClN3O3S/c20-15-5-4-14-6-9-23(17(14)10-15)11-19(24)21-16-12-27(25,26)13-18(16)22-7-2-1-3-8-22/h4-6,9-10,16,18H,1-3,7-8,11-13H2,(H,21,24). The van der Waals surface area contributed by atoms with Crippen LogP contribution in [0.4, 0.5) is 0 Å². The third-order valence-corrected chi connectivity index (χ3v) is 7.53. The first kappa shape index (κ1) is 18.8. The summed E-state index contributed by atoms with van der Waals surface area (Å²) in [5.74, 6) is -0.00498. The van der Waals surface area contributed by atoms with Gasteiger partial charge in [0.1, 0.15) is 6.54 Å². The third-order valence-electron chi connectivity index (χ3n) is 5.58. The Morgan fingerprint density at radius 2 is 1.93 bits per heavy atom. The molecule has 2 aliphatic rings. The topological polar surface area (TPSA) is 71.4 Å². The lowest BCUT2D eigenvalue weighted by Gasteiger charge is -2.35. The predicted molar refractivity (Wildman–Crippen MR) is 107 cm³/mol. The lowest BCUT2D eigenvalue weighted by Crippen LogP contribution is -2.52. The van der Waals surface area contributed by atoms with E-state index in [1.54, 1.807) is 0 Å². The number of benzene rings is 1. The average molecular weight is 410 g/mol. The van der Waals surface area contributed by atoms with Crippen molar-refractivity contribution in [1.82, 2.24) is 14.8 Å². The minimum absolute atomic E-state index is 0.0260. The van der Waals surface area contributed by atoms with Crippen LogP contribution in [-0.4, -0.2) is 60.5 Å². The molecule has 2 atom stereocenters. The second-order valence-corrected chi connectivity index (χ2v) is 10.2. The molecular formula is C19H24ClN3O3S. The first-order valence-corrected chi connectivity index (χ1v) is 11.6. The number of sulfone groups is 1. The van der Waals surface area contributed by atoms with Crippen LogP contribution in [-0.2, 0) is 21.2 Å². The summed E-state index contributed by atoms with van der Waals surface area (Å²) < 4.78 is 26.3. The van der Waals surface area contributed by atoms with Gasteiger partial charge in [0.25, 0.3) is 0 Å². The Hall–Kier alpha value is -1.57. The maximum Gasteiger partial charge on any atom is 0.240 e. The number of aromatic nitrogens is 1. The smallest absolute Gasteiger partial charge is 0.240 e. The number of carbonyl (C=O) groups is 1. The Morgan fingerprint density at radius 1 is 1.15 bits per heavy atom. The van der Waals surface area contributed by atoms with Gasteiger partial charge in [-0.1, -0.05) is 24.1 Å². The van der Waals surface area contributed by atoms with E-state index in [-0.39, 0.29) is 36.0 Å². The van der Waals surface area contributed by atoms with Gasteiger partial charge in [-0.05, 0) is 49.5 Å². The summed E-state index contributed by atoms with van der Waals surface area (Å²) in [7, 11) is -3.12. The van der Waals surface area contributed by atoms with Gasteiger partial charge in [-0.25, -0.2) is 8.42 Å². The average Bonchev–Trinajstić information content (AvgIpc) is 3.15. The molecule has 2 aliphatic heterocycles. The number of halogens is 1. The zero-order valence-electron chi connectivity index (χ0n) is 15.1. The van der Waals surface area contributed by atoms with Crippen molar-refractivity contribution in [2.45, 2.75) is 37.9 Å².